The molecule has 2 N–H and O–H groups in total. The zero-order valence-electron chi connectivity index (χ0n) is 20.5. The topological polar surface area (TPSA) is 101 Å². The first-order valence-electron chi connectivity index (χ1n) is 12.0. The molecule has 2 fully saturated rings. The highest BCUT2D eigenvalue weighted by Crippen LogP contribution is 2.58. The molecule has 1 aromatic heterocycles. The number of aliphatic hydroxyl groups is 1. The summed E-state index contributed by atoms with van der Waals surface area (Å²) in [6, 6.07) is 4.89. The van der Waals surface area contributed by atoms with Crippen LogP contribution in [0, 0.1) is 35.2 Å². The number of benzene rings is 2. The third-order valence-electron chi connectivity index (χ3n) is 7.95. The van der Waals surface area contributed by atoms with Gasteiger partial charge in [-0.2, -0.15) is 0 Å². The molecule has 12 heteroatoms. The standard InChI is InChI=1S/C26H25ClF3N3O4S/c1-13-7-15-9-17(12-18(13)26(15,35)25-31-5-6-33(25)2)38(36,37)22-8-14(3-4-19(22)27)24(34)32-16-10-20(28)23(30)21(29)11-16/h3-6,8,10-11,13,15,17-18,35H,7,9,12H2,1-2H3,(H,32,34)/t13-,15?,17?,18?,26+/m0/s1. The number of fused-ring (bicyclic) bond motifs is 2. The molecule has 2 saturated carbocycles. The number of amides is 1. The Bertz CT molecular complexity index is 1520. The van der Waals surface area contributed by atoms with Crippen LogP contribution in [0.4, 0.5) is 18.9 Å². The monoisotopic (exact) mass is 567 g/mol. The van der Waals surface area contributed by atoms with Crippen molar-refractivity contribution in [1.29, 1.82) is 0 Å². The minimum atomic E-state index is -4.04. The van der Waals surface area contributed by atoms with E-state index in [1.54, 1.807) is 24.0 Å². The summed E-state index contributed by atoms with van der Waals surface area (Å²) in [5.41, 5.74) is -1.71. The van der Waals surface area contributed by atoms with Crippen LogP contribution in [0.5, 0.6) is 0 Å². The van der Waals surface area contributed by atoms with Crippen LogP contribution in [0.3, 0.4) is 0 Å². The Kier molecular flexibility index (Phi) is 6.60. The molecule has 0 saturated heterocycles. The number of imidazole rings is 1. The second-order valence-electron chi connectivity index (χ2n) is 10.2. The molecule has 2 aromatic carbocycles. The van der Waals surface area contributed by atoms with Crippen LogP contribution in [-0.2, 0) is 22.5 Å². The summed E-state index contributed by atoms with van der Waals surface area (Å²) in [7, 11) is -2.25. The fourth-order valence-electron chi connectivity index (χ4n) is 6.14. The van der Waals surface area contributed by atoms with Gasteiger partial charge < -0.3 is 15.0 Å². The van der Waals surface area contributed by atoms with Crippen molar-refractivity contribution >= 4 is 33.0 Å². The molecule has 1 amide bonds. The quantitative estimate of drug-likeness (QED) is 0.430. The summed E-state index contributed by atoms with van der Waals surface area (Å²) in [5, 5.41) is 13.1. The lowest BCUT2D eigenvalue weighted by Crippen LogP contribution is -2.48. The van der Waals surface area contributed by atoms with E-state index in [0.29, 0.717) is 24.4 Å². The van der Waals surface area contributed by atoms with Gasteiger partial charge in [0.1, 0.15) is 11.4 Å². The van der Waals surface area contributed by atoms with Crippen LogP contribution >= 0.6 is 11.6 Å². The van der Waals surface area contributed by atoms with Gasteiger partial charge in [0, 0.05) is 42.8 Å². The summed E-state index contributed by atoms with van der Waals surface area (Å²) in [4.78, 5) is 16.9. The van der Waals surface area contributed by atoms with Gasteiger partial charge in [-0.05, 0) is 55.2 Å². The van der Waals surface area contributed by atoms with E-state index in [9.17, 15) is 31.5 Å². The minimum absolute atomic E-state index is 0.0611. The van der Waals surface area contributed by atoms with Gasteiger partial charge in [0.15, 0.2) is 27.3 Å². The molecule has 0 spiro atoms. The summed E-state index contributed by atoms with van der Waals surface area (Å²) < 4.78 is 69.7. The normalized spacial score (nSPS) is 26.9. The van der Waals surface area contributed by atoms with Crippen LogP contribution < -0.4 is 5.32 Å². The molecule has 202 valence electrons. The van der Waals surface area contributed by atoms with E-state index in [1.807, 2.05) is 6.92 Å². The third-order valence-corrected chi connectivity index (χ3v) is 10.6. The van der Waals surface area contributed by atoms with Crippen molar-refractivity contribution in [3.05, 3.63) is 76.6 Å². The lowest BCUT2D eigenvalue weighted by Gasteiger charge is -2.42. The molecule has 0 radical (unpaired) electrons. The van der Waals surface area contributed by atoms with Gasteiger partial charge >= 0.3 is 0 Å². The maximum Gasteiger partial charge on any atom is 0.255 e. The van der Waals surface area contributed by atoms with Crippen LogP contribution in [0.15, 0.2) is 47.6 Å². The number of sulfone groups is 1. The predicted molar refractivity (Wildman–Crippen MR) is 134 cm³/mol. The first-order valence-corrected chi connectivity index (χ1v) is 14.0. The van der Waals surface area contributed by atoms with Gasteiger partial charge in [0.25, 0.3) is 5.91 Å². The van der Waals surface area contributed by atoms with E-state index in [-0.39, 0.29) is 51.8 Å². The average Bonchev–Trinajstić information content (AvgIpc) is 3.31. The van der Waals surface area contributed by atoms with Crippen molar-refractivity contribution in [2.75, 3.05) is 5.32 Å². The average molecular weight is 568 g/mol. The maximum absolute atomic E-state index is 13.8. The van der Waals surface area contributed by atoms with Gasteiger partial charge in [-0.25, -0.2) is 26.6 Å². The SMILES string of the molecule is C[C@H]1CC2CC(S(=O)(=O)c3cc(C(=O)Nc4cc(F)c(F)c(F)c4)ccc3Cl)CC1[C@@]2(O)c1nccn1C. The highest BCUT2D eigenvalue weighted by Gasteiger charge is 2.61. The summed E-state index contributed by atoms with van der Waals surface area (Å²) >= 11 is 6.28. The zero-order valence-corrected chi connectivity index (χ0v) is 22.0. The van der Waals surface area contributed by atoms with Crippen LogP contribution in [-0.4, -0.2) is 34.2 Å². The molecule has 0 aliphatic heterocycles. The Labute approximate surface area is 222 Å². The second-order valence-corrected chi connectivity index (χ2v) is 12.8. The molecule has 2 aliphatic carbocycles. The number of anilines is 1. The first-order chi connectivity index (χ1) is 17.8. The molecule has 3 aromatic rings. The van der Waals surface area contributed by atoms with E-state index in [0.717, 1.165) is 6.07 Å². The van der Waals surface area contributed by atoms with Gasteiger partial charge in [-0.15, -0.1) is 0 Å². The number of aromatic nitrogens is 2. The smallest absolute Gasteiger partial charge is 0.255 e. The van der Waals surface area contributed by atoms with E-state index in [4.69, 9.17) is 11.6 Å². The van der Waals surface area contributed by atoms with E-state index < -0.39 is 44.0 Å². The van der Waals surface area contributed by atoms with Crippen molar-refractivity contribution < 1.29 is 31.5 Å². The van der Waals surface area contributed by atoms with Gasteiger partial charge in [-0.3, -0.25) is 4.79 Å². The van der Waals surface area contributed by atoms with Crippen molar-refractivity contribution in [3.8, 4) is 0 Å². The van der Waals surface area contributed by atoms with E-state index >= 15 is 0 Å². The number of nitrogens with one attached hydrogen (secondary N) is 1. The Morgan fingerprint density at radius 2 is 1.84 bits per heavy atom. The molecular formula is C26H25ClF3N3O4S. The van der Waals surface area contributed by atoms with Crippen molar-refractivity contribution in [1.82, 2.24) is 9.55 Å². The Morgan fingerprint density at radius 1 is 1.16 bits per heavy atom. The largest absolute Gasteiger partial charge is 0.381 e. The molecule has 1 heterocycles. The highest BCUT2D eigenvalue weighted by atomic mass is 35.5. The molecule has 7 nitrogen and oxygen atoms in total. The number of carbonyl (C=O) groups is 1. The molecular weight excluding hydrogens is 543 g/mol. The number of hydrogen-bond acceptors (Lipinski definition) is 5. The van der Waals surface area contributed by atoms with Gasteiger partial charge in [0.05, 0.1) is 15.2 Å². The highest BCUT2D eigenvalue weighted by molar-refractivity contribution is 7.92. The predicted octanol–water partition coefficient (Wildman–Crippen LogP) is 4.84. The lowest BCUT2D eigenvalue weighted by atomic mass is 9.72. The molecule has 38 heavy (non-hydrogen) atoms. The summed E-state index contributed by atoms with van der Waals surface area (Å²) in [5.74, 6) is -5.61. The van der Waals surface area contributed by atoms with Gasteiger partial charge in [0.2, 0.25) is 0 Å². The number of aryl methyl sites for hydroxylation is 1. The third kappa shape index (κ3) is 4.20. The Morgan fingerprint density at radius 3 is 2.45 bits per heavy atom. The Balaban J connectivity index is 1.43. The Hall–Kier alpha value is -2.89. The fourth-order valence-corrected chi connectivity index (χ4v) is 8.52. The molecule has 5 atom stereocenters. The first kappa shape index (κ1) is 26.7. The van der Waals surface area contributed by atoms with Crippen LogP contribution in [0.1, 0.15) is 42.4 Å². The number of carbonyl (C=O) groups excluding carboxylic acids is 1. The van der Waals surface area contributed by atoms with Crippen molar-refractivity contribution in [3.63, 3.8) is 0 Å². The minimum Gasteiger partial charge on any atom is -0.381 e. The second kappa shape index (κ2) is 9.39. The molecule has 2 aliphatic rings. The number of nitrogens with zero attached hydrogens (tertiary/aromatic N) is 2. The lowest BCUT2D eigenvalue weighted by molar-refractivity contribution is -0.0788. The van der Waals surface area contributed by atoms with E-state index in [1.165, 1.54) is 12.1 Å². The fraction of sp³-hybridized carbons (Fsp3) is 0.385. The van der Waals surface area contributed by atoms with Gasteiger partial charge in [-0.1, -0.05) is 18.5 Å². The van der Waals surface area contributed by atoms with Crippen molar-refractivity contribution in [2.24, 2.45) is 24.8 Å². The zero-order chi connectivity index (χ0) is 27.6. The van der Waals surface area contributed by atoms with E-state index in [2.05, 4.69) is 10.3 Å². The van der Waals surface area contributed by atoms with Crippen LogP contribution in [0.25, 0.3) is 0 Å². The summed E-state index contributed by atoms with van der Waals surface area (Å²) in [6.07, 6.45) is 4.36. The van der Waals surface area contributed by atoms with Crippen LogP contribution in [0.2, 0.25) is 5.02 Å². The molecule has 2 bridgehead atoms. The number of rotatable bonds is 5. The van der Waals surface area contributed by atoms with Crippen molar-refractivity contribution in [2.45, 2.75) is 41.9 Å². The number of hydrogen-bond donors (Lipinski definition) is 2. The number of halogens is 4. The molecule has 3 unspecified atom stereocenters. The summed E-state index contributed by atoms with van der Waals surface area (Å²) in [6.45, 7) is 1.99. The maximum atomic E-state index is 13.8. The molecule has 5 rings (SSSR count).